The standard InChI is InChI=1S/C18H19F3N4O3/c1-10-13(3-4-15(23-10)18(19,20)21)16(26)24-7-5-12(6-8-24)25-11(2)14(9-22-25)17(27)28/h3-4,9,12H,5-8H2,1-2H3,(H,27,28). The first-order chi connectivity index (χ1) is 13.1. The summed E-state index contributed by atoms with van der Waals surface area (Å²) in [5.74, 6) is -1.40. The summed E-state index contributed by atoms with van der Waals surface area (Å²) in [6.45, 7) is 3.86. The van der Waals surface area contributed by atoms with E-state index in [1.165, 1.54) is 13.1 Å². The highest BCUT2D eigenvalue weighted by Gasteiger charge is 2.34. The quantitative estimate of drug-likeness (QED) is 0.861. The molecular formula is C18H19F3N4O3. The number of hydrogen-bond donors (Lipinski definition) is 1. The number of alkyl halides is 3. The Hall–Kier alpha value is -2.91. The van der Waals surface area contributed by atoms with Gasteiger partial charge in [0.25, 0.3) is 5.91 Å². The number of amides is 1. The van der Waals surface area contributed by atoms with Crippen molar-refractivity contribution in [2.75, 3.05) is 13.1 Å². The minimum Gasteiger partial charge on any atom is -0.478 e. The molecule has 2 aromatic rings. The molecule has 150 valence electrons. The van der Waals surface area contributed by atoms with E-state index < -0.39 is 17.8 Å². The fourth-order valence-corrected chi connectivity index (χ4v) is 3.43. The molecule has 0 spiro atoms. The summed E-state index contributed by atoms with van der Waals surface area (Å²) in [5, 5.41) is 13.3. The van der Waals surface area contributed by atoms with E-state index in [2.05, 4.69) is 10.1 Å². The van der Waals surface area contributed by atoms with Crippen molar-refractivity contribution in [1.29, 1.82) is 0 Å². The Morgan fingerprint density at radius 3 is 2.29 bits per heavy atom. The van der Waals surface area contributed by atoms with Gasteiger partial charge >= 0.3 is 12.1 Å². The Labute approximate surface area is 158 Å². The second kappa shape index (κ2) is 7.25. The third-order valence-corrected chi connectivity index (χ3v) is 4.98. The minimum atomic E-state index is -4.55. The first-order valence-corrected chi connectivity index (χ1v) is 8.71. The van der Waals surface area contributed by atoms with Crippen LogP contribution in [0.25, 0.3) is 0 Å². The topological polar surface area (TPSA) is 88.3 Å². The molecule has 0 unspecified atom stereocenters. The first-order valence-electron chi connectivity index (χ1n) is 8.71. The molecular weight excluding hydrogens is 377 g/mol. The zero-order valence-corrected chi connectivity index (χ0v) is 15.3. The molecule has 1 fully saturated rings. The summed E-state index contributed by atoms with van der Waals surface area (Å²) in [7, 11) is 0. The lowest BCUT2D eigenvalue weighted by Crippen LogP contribution is -2.39. The van der Waals surface area contributed by atoms with Crippen molar-refractivity contribution in [3.63, 3.8) is 0 Å². The van der Waals surface area contributed by atoms with Gasteiger partial charge in [0.05, 0.1) is 29.2 Å². The molecule has 3 rings (SSSR count). The molecule has 3 heterocycles. The minimum absolute atomic E-state index is 0.0379. The van der Waals surface area contributed by atoms with Crippen LogP contribution in [0.3, 0.4) is 0 Å². The van der Waals surface area contributed by atoms with Gasteiger partial charge in [-0.2, -0.15) is 18.3 Å². The van der Waals surface area contributed by atoms with Gasteiger partial charge in [0, 0.05) is 13.1 Å². The molecule has 0 aromatic carbocycles. The number of carboxylic acid groups (broad SMARTS) is 1. The zero-order chi connectivity index (χ0) is 20.6. The number of carboxylic acids is 1. The Morgan fingerprint density at radius 2 is 1.79 bits per heavy atom. The van der Waals surface area contributed by atoms with Crippen molar-refractivity contribution in [3.05, 3.63) is 46.5 Å². The lowest BCUT2D eigenvalue weighted by molar-refractivity contribution is -0.141. The van der Waals surface area contributed by atoms with Crippen LogP contribution in [0.2, 0.25) is 0 Å². The second-order valence-electron chi connectivity index (χ2n) is 6.74. The predicted molar refractivity (Wildman–Crippen MR) is 92.1 cm³/mol. The van der Waals surface area contributed by atoms with E-state index >= 15 is 0 Å². The summed E-state index contributed by atoms with van der Waals surface area (Å²) >= 11 is 0. The van der Waals surface area contributed by atoms with Gasteiger partial charge in [-0.05, 0) is 38.8 Å². The average Bonchev–Trinajstić information content (AvgIpc) is 3.02. The molecule has 0 radical (unpaired) electrons. The predicted octanol–water partition coefficient (Wildman–Crippen LogP) is 3.09. The molecule has 0 saturated carbocycles. The smallest absolute Gasteiger partial charge is 0.433 e. The van der Waals surface area contributed by atoms with Gasteiger partial charge in [-0.25, -0.2) is 9.78 Å². The van der Waals surface area contributed by atoms with E-state index in [0.717, 1.165) is 12.1 Å². The number of aryl methyl sites for hydroxylation is 1. The van der Waals surface area contributed by atoms with Crippen molar-refractivity contribution >= 4 is 11.9 Å². The van der Waals surface area contributed by atoms with E-state index in [1.54, 1.807) is 16.5 Å². The number of piperidine rings is 1. The van der Waals surface area contributed by atoms with Crippen LogP contribution in [0.4, 0.5) is 13.2 Å². The van der Waals surface area contributed by atoms with Crippen LogP contribution in [0.15, 0.2) is 18.3 Å². The number of likely N-dealkylation sites (tertiary alicyclic amines) is 1. The fraction of sp³-hybridized carbons (Fsp3) is 0.444. The molecule has 1 amide bonds. The number of nitrogens with zero attached hydrogens (tertiary/aromatic N) is 4. The van der Waals surface area contributed by atoms with Gasteiger partial charge in [0.1, 0.15) is 11.3 Å². The molecule has 2 aromatic heterocycles. The van der Waals surface area contributed by atoms with Crippen molar-refractivity contribution < 1.29 is 27.9 Å². The molecule has 0 atom stereocenters. The molecule has 1 N–H and O–H groups in total. The normalized spacial score (nSPS) is 15.7. The second-order valence-corrected chi connectivity index (χ2v) is 6.74. The third kappa shape index (κ3) is 3.71. The summed E-state index contributed by atoms with van der Waals surface area (Å²) in [6.07, 6.45) is -2.10. The maximum Gasteiger partial charge on any atom is 0.433 e. The maximum atomic E-state index is 12.7. The third-order valence-electron chi connectivity index (χ3n) is 4.98. The van der Waals surface area contributed by atoms with E-state index in [4.69, 9.17) is 5.11 Å². The SMILES string of the molecule is Cc1nc(C(F)(F)F)ccc1C(=O)N1CCC(n2ncc(C(=O)O)c2C)CC1. The van der Waals surface area contributed by atoms with Crippen molar-refractivity contribution in [2.45, 2.75) is 38.9 Å². The van der Waals surface area contributed by atoms with Crippen LogP contribution < -0.4 is 0 Å². The summed E-state index contributed by atoms with van der Waals surface area (Å²) < 4.78 is 39.9. The van der Waals surface area contributed by atoms with Gasteiger partial charge in [-0.3, -0.25) is 9.48 Å². The lowest BCUT2D eigenvalue weighted by Gasteiger charge is -2.33. The van der Waals surface area contributed by atoms with Crippen LogP contribution in [-0.4, -0.2) is 49.7 Å². The number of aromatic nitrogens is 3. The van der Waals surface area contributed by atoms with Crippen LogP contribution in [0.5, 0.6) is 0 Å². The number of pyridine rings is 1. The highest BCUT2D eigenvalue weighted by Crippen LogP contribution is 2.29. The number of hydrogen-bond acceptors (Lipinski definition) is 4. The Bertz CT molecular complexity index is 915. The van der Waals surface area contributed by atoms with Crippen LogP contribution >= 0.6 is 0 Å². The van der Waals surface area contributed by atoms with Crippen molar-refractivity contribution in [2.24, 2.45) is 0 Å². The van der Waals surface area contributed by atoms with Crippen molar-refractivity contribution in [1.82, 2.24) is 19.7 Å². The molecule has 28 heavy (non-hydrogen) atoms. The summed E-state index contributed by atoms with van der Waals surface area (Å²) in [4.78, 5) is 28.9. The van der Waals surface area contributed by atoms with Crippen LogP contribution in [0.1, 0.15) is 56.7 Å². The number of carbonyl (C=O) groups excluding carboxylic acids is 1. The highest BCUT2D eigenvalue weighted by atomic mass is 19.4. The molecule has 1 aliphatic rings. The van der Waals surface area contributed by atoms with Gasteiger partial charge < -0.3 is 10.0 Å². The first kappa shape index (κ1) is 19.8. The summed E-state index contributed by atoms with van der Waals surface area (Å²) in [5.41, 5.74) is -0.139. The molecule has 7 nitrogen and oxygen atoms in total. The zero-order valence-electron chi connectivity index (χ0n) is 15.3. The van der Waals surface area contributed by atoms with Crippen LogP contribution in [0, 0.1) is 13.8 Å². The van der Waals surface area contributed by atoms with E-state index in [1.807, 2.05) is 0 Å². The number of aromatic carboxylic acids is 1. The number of carbonyl (C=O) groups is 2. The summed E-state index contributed by atoms with van der Waals surface area (Å²) in [6, 6.07) is 1.94. The highest BCUT2D eigenvalue weighted by molar-refractivity contribution is 5.95. The lowest BCUT2D eigenvalue weighted by atomic mass is 10.0. The molecule has 10 heteroatoms. The monoisotopic (exact) mass is 396 g/mol. The van der Waals surface area contributed by atoms with E-state index in [9.17, 15) is 22.8 Å². The molecule has 1 saturated heterocycles. The van der Waals surface area contributed by atoms with E-state index in [0.29, 0.717) is 31.6 Å². The van der Waals surface area contributed by atoms with Crippen molar-refractivity contribution in [3.8, 4) is 0 Å². The number of rotatable bonds is 3. The molecule has 0 bridgehead atoms. The largest absolute Gasteiger partial charge is 0.478 e. The van der Waals surface area contributed by atoms with Gasteiger partial charge in [0.15, 0.2) is 0 Å². The number of halogens is 3. The van der Waals surface area contributed by atoms with E-state index in [-0.39, 0.29) is 28.8 Å². The Kier molecular flexibility index (Phi) is 5.14. The average molecular weight is 396 g/mol. The van der Waals surface area contributed by atoms with Gasteiger partial charge in [-0.15, -0.1) is 0 Å². The molecule has 1 aliphatic heterocycles. The van der Waals surface area contributed by atoms with Crippen LogP contribution in [-0.2, 0) is 6.18 Å². The Balaban J connectivity index is 1.70. The molecule has 0 aliphatic carbocycles. The maximum absolute atomic E-state index is 12.7. The Morgan fingerprint density at radius 1 is 1.14 bits per heavy atom. The van der Waals surface area contributed by atoms with Gasteiger partial charge in [-0.1, -0.05) is 0 Å². The fourth-order valence-electron chi connectivity index (χ4n) is 3.43. The van der Waals surface area contributed by atoms with Gasteiger partial charge in [0.2, 0.25) is 0 Å².